The van der Waals surface area contributed by atoms with Crippen molar-refractivity contribution in [2.75, 3.05) is 19.7 Å². The van der Waals surface area contributed by atoms with E-state index < -0.39 is 0 Å². The van der Waals surface area contributed by atoms with Crippen molar-refractivity contribution in [2.24, 2.45) is 0 Å². The maximum absolute atomic E-state index is 9.35. The van der Waals surface area contributed by atoms with Crippen molar-refractivity contribution in [1.29, 1.82) is 5.26 Å². The molecule has 0 aromatic heterocycles. The van der Waals surface area contributed by atoms with E-state index in [2.05, 4.69) is 36.9 Å². The van der Waals surface area contributed by atoms with Gasteiger partial charge in [0.2, 0.25) is 0 Å². The zero-order valence-corrected chi connectivity index (χ0v) is 10.4. The number of rotatable bonds is 2. The number of benzene rings is 1. The third-order valence-electron chi connectivity index (χ3n) is 3.15. The molecule has 2 unspecified atom stereocenters. The third-order valence-corrected chi connectivity index (χ3v) is 3.15. The van der Waals surface area contributed by atoms with Crippen LogP contribution in [0.3, 0.4) is 0 Å². The van der Waals surface area contributed by atoms with E-state index in [9.17, 15) is 5.26 Å². The number of ether oxygens (including phenoxy) is 1. The zero-order chi connectivity index (χ0) is 12.3. The molecule has 1 aromatic carbocycles. The van der Waals surface area contributed by atoms with Gasteiger partial charge in [0.15, 0.2) is 0 Å². The second-order valence-electron chi connectivity index (χ2n) is 4.62. The summed E-state index contributed by atoms with van der Waals surface area (Å²) >= 11 is 0. The first kappa shape index (κ1) is 12.1. The Bertz CT molecular complexity index is 407. The third kappa shape index (κ3) is 2.85. The smallest absolute Gasteiger partial charge is 0.124 e. The van der Waals surface area contributed by atoms with Gasteiger partial charge < -0.3 is 4.74 Å². The van der Waals surface area contributed by atoms with Crippen LogP contribution in [-0.4, -0.2) is 30.7 Å². The number of hydrogen-bond donors (Lipinski definition) is 0. The summed E-state index contributed by atoms with van der Waals surface area (Å²) in [5.41, 5.74) is 2.30. The largest absolute Gasteiger partial charge is 0.376 e. The van der Waals surface area contributed by atoms with Crippen LogP contribution in [0.1, 0.15) is 24.1 Å². The maximum atomic E-state index is 9.35. The van der Waals surface area contributed by atoms with Crippen LogP contribution in [0.5, 0.6) is 0 Å². The first-order chi connectivity index (χ1) is 8.20. The van der Waals surface area contributed by atoms with Crippen LogP contribution in [0.15, 0.2) is 24.3 Å². The molecule has 2 atom stereocenters. The van der Waals surface area contributed by atoms with Crippen LogP contribution in [-0.2, 0) is 4.74 Å². The molecule has 90 valence electrons. The van der Waals surface area contributed by atoms with Gasteiger partial charge in [-0.3, -0.25) is 4.90 Å². The highest BCUT2D eigenvalue weighted by Crippen LogP contribution is 2.22. The highest BCUT2D eigenvalue weighted by molar-refractivity contribution is 5.27. The molecule has 0 N–H and O–H groups in total. The molecule has 0 radical (unpaired) electrons. The molecule has 3 nitrogen and oxygen atoms in total. The molecule has 0 amide bonds. The lowest BCUT2D eigenvalue weighted by Crippen LogP contribution is -2.42. The molecule has 0 spiro atoms. The molecule has 17 heavy (non-hydrogen) atoms. The van der Waals surface area contributed by atoms with E-state index in [0.29, 0.717) is 6.61 Å². The summed E-state index contributed by atoms with van der Waals surface area (Å²) in [6.07, 6.45) is 0.213. The fraction of sp³-hybridized carbons (Fsp3) is 0.500. The van der Waals surface area contributed by atoms with Crippen LogP contribution in [0.4, 0.5) is 0 Å². The van der Waals surface area contributed by atoms with Gasteiger partial charge in [0.25, 0.3) is 0 Å². The number of hydrogen-bond acceptors (Lipinski definition) is 3. The monoisotopic (exact) mass is 230 g/mol. The molecule has 0 aliphatic carbocycles. The van der Waals surface area contributed by atoms with Crippen molar-refractivity contribution >= 4 is 0 Å². The second kappa shape index (κ2) is 5.31. The number of aryl methyl sites for hydroxylation is 1. The van der Waals surface area contributed by atoms with Crippen LogP contribution < -0.4 is 0 Å². The van der Waals surface area contributed by atoms with Gasteiger partial charge >= 0.3 is 0 Å². The first-order valence-electron chi connectivity index (χ1n) is 6.02. The van der Waals surface area contributed by atoms with Gasteiger partial charge in [-0.2, -0.15) is 5.26 Å². The predicted molar refractivity (Wildman–Crippen MR) is 66.5 cm³/mol. The van der Waals surface area contributed by atoms with Crippen molar-refractivity contribution < 1.29 is 4.74 Å². The summed E-state index contributed by atoms with van der Waals surface area (Å²) in [6, 6.07) is 10.5. The number of morpholine rings is 1. The van der Waals surface area contributed by atoms with Crippen LogP contribution in [0, 0.1) is 18.3 Å². The lowest BCUT2D eigenvalue weighted by atomic mass is 10.0. The maximum Gasteiger partial charge on any atom is 0.124 e. The summed E-state index contributed by atoms with van der Waals surface area (Å²) < 4.78 is 5.51. The SMILES string of the molecule is Cc1ccc(C(C#N)N2CCOC(C)C2)cc1. The Hall–Kier alpha value is -1.37. The quantitative estimate of drug-likeness (QED) is 0.782. The van der Waals surface area contributed by atoms with Gasteiger partial charge in [-0.1, -0.05) is 29.8 Å². The molecule has 1 aliphatic heterocycles. The van der Waals surface area contributed by atoms with Gasteiger partial charge in [0.05, 0.1) is 18.8 Å². The Labute approximate surface area is 103 Å². The van der Waals surface area contributed by atoms with Gasteiger partial charge in [-0.05, 0) is 19.4 Å². The molecule has 0 saturated carbocycles. The van der Waals surface area contributed by atoms with E-state index in [1.54, 1.807) is 0 Å². The Balaban J connectivity index is 2.16. The van der Waals surface area contributed by atoms with E-state index in [-0.39, 0.29) is 12.1 Å². The second-order valence-corrected chi connectivity index (χ2v) is 4.62. The molecular formula is C14H18N2O. The lowest BCUT2D eigenvalue weighted by molar-refractivity contribution is -0.0269. The van der Waals surface area contributed by atoms with Crippen LogP contribution in [0.2, 0.25) is 0 Å². The fourth-order valence-electron chi connectivity index (χ4n) is 2.20. The minimum Gasteiger partial charge on any atom is -0.376 e. The minimum absolute atomic E-state index is 0.151. The molecule has 3 heteroatoms. The number of nitrogens with zero attached hydrogens (tertiary/aromatic N) is 2. The Morgan fingerprint density at radius 1 is 1.41 bits per heavy atom. The van der Waals surface area contributed by atoms with Crippen molar-refractivity contribution in [3.8, 4) is 6.07 Å². The highest BCUT2D eigenvalue weighted by atomic mass is 16.5. The summed E-state index contributed by atoms with van der Waals surface area (Å²) in [4.78, 5) is 2.19. The number of nitriles is 1. The van der Waals surface area contributed by atoms with Gasteiger partial charge in [0, 0.05) is 13.1 Å². The van der Waals surface area contributed by atoms with E-state index >= 15 is 0 Å². The molecule has 1 aliphatic rings. The Morgan fingerprint density at radius 2 is 2.12 bits per heavy atom. The molecule has 0 bridgehead atoms. The Morgan fingerprint density at radius 3 is 2.71 bits per heavy atom. The average molecular weight is 230 g/mol. The fourth-order valence-corrected chi connectivity index (χ4v) is 2.20. The standard InChI is InChI=1S/C14H18N2O/c1-11-3-5-13(6-4-11)14(9-15)16-7-8-17-12(2)10-16/h3-6,12,14H,7-8,10H2,1-2H3. The molecule has 1 aromatic rings. The van der Waals surface area contributed by atoms with Crippen molar-refractivity contribution in [1.82, 2.24) is 4.90 Å². The van der Waals surface area contributed by atoms with Crippen molar-refractivity contribution in [2.45, 2.75) is 26.0 Å². The molecule has 1 fully saturated rings. The summed E-state index contributed by atoms with van der Waals surface area (Å²) in [7, 11) is 0. The van der Waals surface area contributed by atoms with Crippen molar-refractivity contribution in [3.63, 3.8) is 0 Å². The molecule has 2 rings (SSSR count). The van der Waals surface area contributed by atoms with Gasteiger partial charge in [0.1, 0.15) is 6.04 Å². The van der Waals surface area contributed by atoms with Crippen molar-refractivity contribution in [3.05, 3.63) is 35.4 Å². The van der Waals surface area contributed by atoms with Gasteiger partial charge in [-0.15, -0.1) is 0 Å². The molecule has 1 saturated heterocycles. The molecule has 1 heterocycles. The summed E-state index contributed by atoms with van der Waals surface area (Å²) in [5, 5.41) is 9.35. The lowest BCUT2D eigenvalue weighted by Gasteiger charge is -2.34. The van der Waals surface area contributed by atoms with Crippen LogP contribution in [0.25, 0.3) is 0 Å². The first-order valence-corrected chi connectivity index (χ1v) is 6.02. The minimum atomic E-state index is -0.151. The van der Waals surface area contributed by atoms with Gasteiger partial charge in [-0.25, -0.2) is 0 Å². The zero-order valence-electron chi connectivity index (χ0n) is 10.4. The summed E-state index contributed by atoms with van der Waals surface area (Å²) in [5.74, 6) is 0. The molecular weight excluding hydrogens is 212 g/mol. The van der Waals surface area contributed by atoms with E-state index in [4.69, 9.17) is 4.74 Å². The topological polar surface area (TPSA) is 36.3 Å². The normalized spacial score (nSPS) is 23.0. The van der Waals surface area contributed by atoms with E-state index in [0.717, 1.165) is 18.7 Å². The summed E-state index contributed by atoms with van der Waals surface area (Å²) in [6.45, 7) is 6.48. The van der Waals surface area contributed by atoms with E-state index in [1.807, 2.05) is 12.1 Å². The average Bonchev–Trinajstić information content (AvgIpc) is 2.33. The Kier molecular flexibility index (Phi) is 3.78. The highest BCUT2D eigenvalue weighted by Gasteiger charge is 2.25. The van der Waals surface area contributed by atoms with E-state index in [1.165, 1.54) is 5.56 Å². The predicted octanol–water partition coefficient (Wildman–Crippen LogP) is 2.28. The van der Waals surface area contributed by atoms with Crippen LogP contribution >= 0.6 is 0 Å².